The average Bonchev–Trinajstić information content (AvgIpc) is 2.32. The minimum absolute atomic E-state index is 0.486. The molecule has 0 heterocycles. The van der Waals surface area contributed by atoms with Gasteiger partial charge in [-0.05, 0) is 38.0 Å². The van der Waals surface area contributed by atoms with Crippen molar-refractivity contribution in [3.63, 3.8) is 0 Å². The minimum atomic E-state index is 0.486. The van der Waals surface area contributed by atoms with Gasteiger partial charge in [0.2, 0.25) is 0 Å². The summed E-state index contributed by atoms with van der Waals surface area (Å²) >= 11 is 0. The summed E-state index contributed by atoms with van der Waals surface area (Å²) in [5.41, 5.74) is 0. The predicted octanol–water partition coefficient (Wildman–Crippen LogP) is 4.03. The lowest BCUT2D eigenvalue weighted by molar-refractivity contribution is -0.0190. The van der Waals surface area contributed by atoms with Gasteiger partial charge in [0, 0.05) is 13.7 Å². The highest BCUT2D eigenvalue weighted by Crippen LogP contribution is 2.23. The molecule has 1 aliphatic rings. The second-order valence-corrected chi connectivity index (χ2v) is 4.69. The van der Waals surface area contributed by atoms with Crippen molar-refractivity contribution in [3.8, 4) is 0 Å². The second-order valence-electron chi connectivity index (χ2n) is 4.69. The maximum Gasteiger partial charge on any atom is 0.0577 e. The summed E-state index contributed by atoms with van der Waals surface area (Å²) in [6.07, 6.45) is 6.86. The van der Waals surface area contributed by atoms with Gasteiger partial charge in [-0.2, -0.15) is 0 Å². The van der Waals surface area contributed by atoms with Crippen LogP contribution in [0.2, 0.25) is 0 Å². The lowest BCUT2D eigenvalue weighted by atomic mass is 9.95. The third-order valence-electron chi connectivity index (χ3n) is 3.00. The fourth-order valence-corrected chi connectivity index (χ4v) is 1.91. The minimum Gasteiger partial charge on any atom is -0.381 e. The highest BCUT2D eigenvalue weighted by Gasteiger charge is 2.20. The van der Waals surface area contributed by atoms with Crippen LogP contribution >= 0.6 is 0 Å². The zero-order valence-electron chi connectivity index (χ0n) is 11.8. The van der Waals surface area contributed by atoms with Gasteiger partial charge in [-0.25, -0.2) is 0 Å². The van der Waals surface area contributed by atoms with Crippen LogP contribution in [0.25, 0.3) is 0 Å². The fourth-order valence-electron chi connectivity index (χ4n) is 1.91. The monoisotopic (exact) mass is 230 g/mol. The Morgan fingerprint density at radius 2 is 1.50 bits per heavy atom. The van der Waals surface area contributed by atoms with Gasteiger partial charge in [0.25, 0.3) is 0 Å². The van der Waals surface area contributed by atoms with Crippen LogP contribution in [0.4, 0.5) is 0 Å². The Kier molecular flexibility index (Phi) is 10.0. The van der Waals surface area contributed by atoms with Gasteiger partial charge in [0.15, 0.2) is 0 Å². The standard InChI is InChI=1S/C12H24O2.C2H6/c1-10(2)8-9-14-12-6-4-11(13-3)5-7-12;1-2/h10-12H,4-9H2,1-3H3;1-2H3. The van der Waals surface area contributed by atoms with Crippen molar-refractivity contribution >= 4 is 0 Å². The lowest BCUT2D eigenvalue weighted by Gasteiger charge is -2.27. The summed E-state index contributed by atoms with van der Waals surface area (Å²) in [5, 5.41) is 0. The van der Waals surface area contributed by atoms with E-state index in [0.29, 0.717) is 12.2 Å². The first-order chi connectivity index (χ1) is 7.72. The molecule has 0 spiro atoms. The molecule has 98 valence electrons. The number of hydrogen-bond donors (Lipinski definition) is 0. The van der Waals surface area contributed by atoms with Gasteiger partial charge in [0.05, 0.1) is 12.2 Å². The maximum atomic E-state index is 5.83. The molecule has 0 radical (unpaired) electrons. The van der Waals surface area contributed by atoms with Crippen LogP contribution < -0.4 is 0 Å². The molecule has 16 heavy (non-hydrogen) atoms. The zero-order valence-corrected chi connectivity index (χ0v) is 11.8. The van der Waals surface area contributed by atoms with Gasteiger partial charge in [-0.15, -0.1) is 0 Å². The summed E-state index contributed by atoms with van der Waals surface area (Å²) in [6, 6.07) is 0. The van der Waals surface area contributed by atoms with E-state index < -0.39 is 0 Å². The Morgan fingerprint density at radius 1 is 1.00 bits per heavy atom. The Labute approximate surface area is 102 Å². The number of hydrogen-bond acceptors (Lipinski definition) is 2. The molecular formula is C14H30O2. The maximum absolute atomic E-state index is 5.83. The lowest BCUT2D eigenvalue weighted by Crippen LogP contribution is -2.26. The van der Waals surface area contributed by atoms with Gasteiger partial charge in [-0.1, -0.05) is 27.7 Å². The van der Waals surface area contributed by atoms with Crippen molar-refractivity contribution in [1.82, 2.24) is 0 Å². The Balaban J connectivity index is 0.00000106. The highest BCUT2D eigenvalue weighted by molar-refractivity contribution is 4.72. The Bertz CT molecular complexity index is 138. The summed E-state index contributed by atoms with van der Waals surface area (Å²) in [7, 11) is 1.81. The molecule has 1 fully saturated rings. The molecule has 0 N–H and O–H groups in total. The van der Waals surface area contributed by atoms with Gasteiger partial charge in [0.1, 0.15) is 0 Å². The average molecular weight is 230 g/mol. The highest BCUT2D eigenvalue weighted by atomic mass is 16.5. The van der Waals surface area contributed by atoms with Crippen LogP contribution in [0.5, 0.6) is 0 Å². The third kappa shape index (κ3) is 7.24. The SMILES string of the molecule is CC.COC1CCC(OCCC(C)C)CC1. The zero-order chi connectivity index (χ0) is 12.4. The molecule has 0 amide bonds. The van der Waals surface area contributed by atoms with Crippen molar-refractivity contribution in [3.05, 3.63) is 0 Å². The molecule has 0 bridgehead atoms. The molecule has 0 atom stereocenters. The summed E-state index contributed by atoms with van der Waals surface area (Å²) < 4.78 is 11.2. The molecule has 2 nitrogen and oxygen atoms in total. The quantitative estimate of drug-likeness (QED) is 0.710. The van der Waals surface area contributed by atoms with Crippen LogP contribution in [0, 0.1) is 5.92 Å². The first-order valence-electron chi connectivity index (χ1n) is 6.86. The Hall–Kier alpha value is -0.0800. The summed E-state index contributed by atoms with van der Waals surface area (Å²) in [6.45, 7) is 9.41. The largest absolute Gasteiger partial charge is 0.381 e. The van der Waals surface area contributed by atoms with Crippen molar-refractivity contribution in [1.29, 1.82) is 0 Å². The molecule has 2 heteroatoms. The van der Waals surface area contributed by atoms with Gasteiger partial charge < -0.3 is 9.47 Å². The first kappa shape index (κ1) is 15.9. The molecule has 1 rings (SSSR count). The van der Waals surface area contributed by atoms with Crippen LogP contribution in [0.1, 0.15) is 59.8 Å². The van der Waals surface area contributed by atoms with E-state index in [1.165, 1.54) is 32.1 Å². The molecule has 1 aliphatic carbocycles. The first-order valence-corrected chi connectivity index (χ1v) is 6.86. The van der Waals surface area contributed by atoms with Crippen LogP contribution in [0.15, 0.2) is 0 Å². The van der Waals surface area contributed by atoms with Gasteiger partial charge >= 0.3 is 0 Å². The van der Waals surface area contributed by atoms with Crippen LogP contribution in [-0.4, -0.2) is 25.9 Å². The summed E-state index contributed by atoms with van der Waals surface area (Å²) in [5.74, 6) is 0.755. The molecule has 0 aromatic heterocycles. The summed E-state index contributed by atoms with van der Waals surface area (Å²) in [4.78, 5) is 0. The number of rotatable bonds is 5. The predicted molar refractivity (Wildman–Crippen MR) is 69.8 cm³/mol. The van der Waals surface area contributed by atoms with E-state index >= 15 is 0 Å². The van der Waals surface area contributed by atoms with Crippen molar-refractivity contribution in [2.24, 2.45) is 5.92 Å². The van der Waals surface area contributed by atoms with E-state index in [9.17, 15) is 0 Å². The molecule has 0 aromatic rings. The molecule has 0 aliphatic heterocycles. The van der Waals surface area contributed by atoms with Crippen molar-refractivity contribution < 1.29 is 9.47 Å². The van der Waals surface area contributed by atoms with E-state index in [1.807, 2.05) is 21.0 Å². The normalized spacial score (nSPS) is 25.1. The van der Waals surface area contributed by atoms with Crippen LogP contribution in [-0.2, 0) is 9.47 Å². The second kappa shape index (κ2) is 10.1. The van der Waals surface area contributed by atoms with Gasteiger partial charge in [-0.3, -0.25) is 0 Å². The molecular weight excluding hydrogens is 200 g/mol. The fraction of sp³-hybridized carbons (Fsp3) is 1.00. The molecule has 1 saturated carbocycles. The van der Waals surface area contributed by atoms with Crippen LogP contribution in [0.3, 0.4) is 0 Å². The van der Waals surface area contributed by atoms with E-state index in [1.54, 1.807) is 0 Å². The molecule has 0 aromatic carbocycles. The van der Waals surface area contributed by atoms with E-state index in [0.717, 1.165) is 12.5 Å². The Morgan fingerprint density at radius 3 is 1.94 bits per heavy atom. The van der Waals surface area contributed by atoms with E-state index in [4.69, 9.17) is 9.47 Å². The number of methoxy groups -OCH3 is 1. The van der Waals surface area contributed by atoms with E-state index in [-0.39, 0.29) is 0 Å². The smallest absolute Gasteiger partial charge is 0.0577 e. The topological polar surface area (TPSA) is 18.5 Å². The molecule has 0 unspecified atom stereocenters. The number of ether oxygens (including phenoxy) is 2. The van der Waals surface area contributed by atoms with Crippen molar-refractivity contribution in [2.75, 3.05) is 13.7 Å². The third-order valence-corrected chi connectivity index (χ3v) is 3.00. The van der Waals surface area contributed by atoms with Crippen molar-refractivity contribution in [2.45, 2.75) is 72.0 Å². The van der Waals surface area contributed by atoms with E-state index in [2.05, 4.69) is 13.8 Å². The molecule has 0 saturated heterocycles.